The van der Waals surface area contributed by atoms with Gasteiger partial charge >= 0.3 is 0 Å². The number of aromatic nitrogens is 1. The second-order valence-electron chi connectivity index (χ2n) is 6.16. The van der Waals surface area contributed by atoms with Gasteiger partial charge in [0.2, 0.25) is 0 Å². The van der Waals surface area contributed by atoms with E-state index in [0.717, 1.165) is 18.8 Å². The number of pyridine rings is 1. The summed E-state index contributed by atoms with van der Waals surface area (Å²) in [5, 5.41) is 6.56. The first-order valence-corrected chi connectivity index (χ1v) is 8.90. The van der Waals surface area contributed by atoms with Crippen molar-refractivity contribution in [3.63, 3.8) is 0 Å². The Labute approximate surface area is 157 Å². The van der Waals surface area contributed by atoms with E-state index < -0.39 is 5.60 Å². The van der Waals surface area contributed by atoms with Gasteiger partial charge in [-0.3, -0.25) is 9.78 Å². The maximum atomic E-state index is 12.7. The van der Waals surface area contributed by atoms with Crippen molar-refractivity contribution >= 4 is 23.2 Å². The van der Waals surface area contributed by atoms with E-state index in [4.69, 9.17) is 21.1 Å². The normalized spacial score (nSPS) is 16.1. The van der Waals surface area contributed by atoms with Crippen LogP contribution in [-0.4, -0.2) is 36.7 Å². The van der Waals surface area contributed by atoms with Gasteiger partial charge in [-0.05, 0) is 56.3 Å². The Morgan fingerprint density at radius 3 is 2.77 bits per heavy atom. The first-order valence-electron chi connectivity index (χ1n) is 8.52. The lowest BCUT2D eigenvalue weighted by Crippen LogP contribution is -2.51. The third-order valence-corrected chi connectivity index (χ3v) is 4.80. The number of hydrogen-bond acceptors (Lipinski definition) is 5. The first kappa shape index (κ1) is 18.6. The number of piperidine rings is 1. The molecule has 0 saturated carbocycles. The van der Waals surface area contributed by atoms with Crippen LogP contribution >= 0.6 is 11.6 Å². The molecular formula is C19H22ClN3O3. The molecule has 0 atom stereocenters. The molecule has 1 aromatic carbocycles. The summed E-state index contributed by atoms with van der Waals surface area (Å²) in [6.45, 7) is 1.83. The number of benzene rings is 1. The number of halogens is 1. The van der Waals surface area contributed by atoms with Crippen molar-refractivity contribution in [1.82, 2.24) is 10.3 Å². The fourth-order valence-corrected chi connectivity index (χ4v) is 3.17. The Balaban J connectivity index is 1.64. The molecule has 2 N–H and O–H groups in total. The predicted molar refractivity (Wildman–Crippen MR) is 100 cm³/mol. The smallest absolute Gasteiger partial charge is 0.256 e. The van der Waals surface area contributed by atoms with Crippen LogP contribution in [0.15, 0.2) is 42.6 Å². The van der Waals surface area contributed by atoms with Crippen molar-refractivity contribution in [2.24, 2.45) is 0 Å². The summed E-state index contributed by atoms with van der Waals surface area (Å²) >= 11 is 6.30. The van der Waals surface area contributed by atoms with Crippen LogP contribution in [0.5, 0.6) is 5.75 Å². The molecule has 0 unspecified atom stereocenters. The van der Waals surface area contributed by atoms with Gasteiger partial charge in [-0.15, -0.1) is 0 Å². The number of carbonyl (C=O) groups excluding carboxylic acids is 1. The Morgan fingerprint density at radius 1 is 1.31 bits per heavy atom. The van der Waals surface area contributed by atoms with Crippen LogP contribution in [0.1, 0.15) is 18.5 Å². The minimum Gasteiger partial charge on any atom is -0.486 e. The SMILES string of the molecule is COC1(C(=O)Nc2ccc(OCc3ccccn3)c(Cl)c2)CCNCC1. The third-order valence-electron chi connectivity index (χ3n) is 4.51. The van der Waals surface area contributed by atoms with E-state index in [1.807, 2.05) is 18.2 Å². The molecule has 6 nitrogen and oxygen atoms in total. The summed E-state index contributed by atoms with van der Waals surface area (Å²) in [5.41, 5.74) is 0.625. The van der Waals surface area contributed by atoms with Crippen LogP contribution in [0.4, 0.5) is 5.69 Å². The molecule has 0 aliphatic carbocycles. The quantitative estimate of drug-likeness (QED) is 0.812. The molecule has 26 heavy (non-hydrogen) atoms. The molecule has 138 valence electrons. The molecule has 1 saturated heterocycles. The molecule has 1 amide bonds. The van der Waals surface area contributed by atoms with E-state index >= 15 is 0 Å². The molecule has 3 rings (SSSR count). The van der Waals surface area contributed by atoms with E-state index in [9.17, 15) is 4.79 Å². The summed E-state index contributed by atoms with van der Waals surface area (Å²) in [4.78, 5) is 16.9. The average Bonchev–Trinajstić information content (AvgIpc) is 2.68. The van der Waals surface area contributed by atoms with Crippen LogP contribution in [-0.2, 0) is 16.1 Å². The minimum absolute atomic E-state index is 0.153. The van der Waals surface area contributed by atoms with E-state index in [-0.39, 0.29) is 5.91 Å². The predicted octanol–water partition coefficient (Wildman–Crippen LogP) is 3.02. The van der Waals surface area contributed by atoms with Gasteiger partial charge in [0.15, 0.2) is 0 Å². The molecule has 0 bridgehead atoms. The molecule has 2 heterocycles. The number of nitrogens with zero attached hydrogens (tertiary/aromatic N) is 1. The minimum atomic E-state index is -0.800. The number of amides is 1. The van der Waals surface area contributed by atoms with Crippen molar-refractivity contribution in [3.8, 4) is 5.75 Å². The lowest BCUT2D eigenvalue weighted by atomic mass is 9.91. The van der Waals surface area contributed by atoms with Crippen molar-refractivity contribution in [3.05, 3.63) is 53.3 Å². The average molecular weight is 376 g/mol. The highest BCUT2D eigenvalue weighted by Gasteiger charge is 2.39. The molecule has 1 aromatic heterocycles. The first-order chi connectivity index (χ1) is 12.6. The molecule has 0 radical (unpaired) electrons. The molecule has 1 aliphatic heterocycles. The molecule has 7 heteroatoms. The van der Waals surface area contributed by atoms with Crippen LogP contribution in [0, 0.1) is 0 Å². The van der Waals surface area contributed by atoms with Crippen molar-refractivity contribution in [1.29, 1.82) is 0 Å². The topological polar surface area (TPSA) is 72.5 Å². The fourth-order valence-electron chi connectivity index (χ4n) is 2.93. The molecule has 0 spiro atoms. The molecule has 2 aromatic rings. The summed E-state index contributed by atoms with van der Waals surface area (Å²) in [7, 11) is 1.58. The van der Waals surface area contributed by atoms with E-state index in [0.29, 0.717) is 35.9 Å². The van der Waals surface area contributed by atoms with Crippen LogP contribution < -0.4 is 15.4 Å². The van der Waals surface area contributed by atoms with Crippen LogP contribution in [0.25, 0.3) is 0 Å². The molecular weight excluding hydrogens is 354 g/mol. The van der Waals surface area contributed by atoms with Crippen molar-refractivity contribution in [2.45, 2.75) is 25.0 Å². The Bertz CT molecular complexity index is 749. The number of ether oxygens (including phenoxy) is 2. The zero-order chi connectivity index (χ0) is 18.4. The Morgan fingerprint density at radius 2 is 2.12 bits per heavy atom. The largest absolute Gasteiger partial charge is 0.486 e. The van der Waals surface area contributed by atoms with Gasteiger partial charge in [-0.25, -0.2) is 0 Å². The van der Waals surface area contributed by atoms with E-state index in [2.05, 4.69) is 15.6 Å². The number of rotatable bonds is 6. The highest BCUT2D eigenvalue weighted by molar-refractivity contribution is 6.32. The standard InChI is InChI=1S/C19H22ClN3O3/c1-25-19(7-10-21-11-8-19)18(24)23-14-5-6-17(16(20)12-14)26-13-15-4-2-3-9-22-15/h2-6,9,12,21H,7-8,10-11,13H2,1H3,(H,23,24). The monoisotopic (exact) mass is 375 g/mol. The van der Waals surface area contributed by atoms with Gasteiger partial charge in [-0.1, -0.05) is 17.7 Å². The Hall–Kier alpha value is -2.15. The second-order valence-corrected chi connectivity index (χ2v) is 6.56. The molecule has 1 aliphatic rings. The lowest BCUT2D eigenvalue weighted by molar-refractivity contribution is -0.140. The second kappa shape index (κ2) is 8.49. The van der Waals surface area contributed by atoms with E-state index in [1.54, 1.807) is 31.5 Å². The zero-order valence-electron chi connectivity index (χ0n) is 14.6. The van der Waals surface area contributed by atoms with Crippen molar-refractivity contribution < 1.29 is 14.3 Å². The number of hydrogen-bond donors (Lipinski definition) is 2. The number of anilines is 1. The van der Waals surface area contributed by atoms with Gasteiger partial charge < -0.3 is 20.1 Å². The Kier molecular flexibility index (Phi) is 6.08. The van der Waals surface area contributed by atoms with Crippen molar-refractivity contribution in [2.75, 3.05) is 25.5 Å². The summed E-state index contributed by atoms with van der Waals surface area (Å²) in [5.74, 6) is 0.387. The van der Waals surface area contributed by atoms with Gasteiger partial charge in [-0.2, -0.15) is 0 Å². The fraction of sp³-hybridized carbons (Fsp3) is 0.368. The van der Waals surface area contributed by atoms with Crippen LogP contribution in [0.2, 0.25) is 5.02 Å². The summed E-state index contributed by atoms with van der Waals surface area (Å²) in [6.07, 6.45) is 2.98. The third kappa shape index (κ3) is 4.33. The number of carbonyl (C=O) groups is 1. The maximum Gasteiger partial charge on any atom is 0.256 e. The lowest BCUT2D eigenvalue weighted by Gasteiger charge is -2.34. The zero-order valence-corrected chi connectivity index (χ0v) is 15.4. The number of methoxy groups -OCH3 is 1. The summed E-state index contributed by atoms with van der Waals surface area (Å²) in [6, 6.07) is 10.8. The van der Waals surface area contributed by atoms with Gasteiger partial charge in [0, 0.05) is 19.0 Å². The highest BCUT2D eigenvalue weighted by Crippen LogP contribution is 2.30. The van der Waals surface area contributed by atoms with E-state index in [1.165, 1.54) is 0 Å². The number of nitrogens with one attached hydrogen (secondary N) is 2. The highest BCUT2D eigenvalue weighted by atomic mass is 35.5. The maximum absolute atomic E-state index is 12.7. The van der Waals surface area contributed by atoms with Crippen LogP contribution in [0.3, 0.4) is 0 Å². The molecule has 1 fully saturated rings. The van der Waals surface area contributed by atoms with Gasteiger partial charge in [0.25, 0.3) is 5.91 Å². The van der Waals surface area contributed by atoms with Gasteiger partial charge in [0.1, 0.15) is 18.0 Å². The van der Waals surface area contributed by atoms with Gasteiger partial charge in [0.05, 0.1) is 10.7 Å². The summed E-state index contributed by atoms with van der Waals surface area (Å²) < 4.78 is 11.2.